The molecule has 0 radical (unpaired) electrons. The fourth-order valence-corrected chi connectivity index (χ4v) is 1.70. The average Bonchev–Trinajstić information content (AvgIpc) is 2.46. The minimum atomic E-state index is -0.210. The molecule has 0 saturated carbocycles. The van der Waals surface area contributed by atoms with E-state index in [-0.39, 0.29) is 11.5 Å². The van der Waals surface area contributed by atoms with Crippen molar-refractivity contribution in [2.45, 2.75) is 25.0 Å². The van der Waals surface area contributed by atoms with Gasteiger partial charge in [0.25, 0.3) is 0 Å². The molecule has 1 aromatic rings. The summed E-state index contributed by atoms with van der Waals surface area (Å²) in [7, 11) is 0. The predicted octanol–water partition coefficient (Wildman–Crippen LogP) is 0.00947. The number of hydrogen-bond donors (Lipinski definition) is 3. The predicted molar refractivity (Wildman–Crippen MR) is 55.8 cm³/mol. The van der Waals surface area contributed by atoms with E-state index in [0.717, 1.165) is 6.42 Å². The van der Waals surface area contributed by atoms with Gasteiger partial charge in [0.1, 0.15) is 5.84 Å². The molecule has 0 aromatic carbocycles. The number of nitrogens with two attached hydrogens (primary N) is 1. The highest BCUT2D eigenvalue weighted by molar-refractivity contribution is 7.99. The van der Waals surface area contributed by atoms with Crippen LogP contribution in [0.3, 0.4) is 0 Å². The first-order valence-corrected chi connectivity index (χ1v) is 5.24. The number of aromatic nitrogens is 3. The van der Waals surface area contributed by atoms with E-state index < -0.39 is 0 Å². The third-order valence-corrected chi connectivity index (χ3v) is 2.55. The maximum absolute atomic E-state index is 11.2. The second-order valence-corrected chi connectivity index (χ2v) is 3.72. The molecular weight excluding hydrogens is 202 g/mol. The number of H-pyrrole nitrogens is 1. The van der Waals surface area contributed by atoms with Gasteiger partial charge in [-0.3, -0.25) is 9.98 Å². The lowest BCUT2D eigenvalue weighted by molar-refractivity contribution is 0.604. The molecule has 0 spiro atoms. The fraction of sp³-hybridized carbons (Fsp3) is 0.571. The third-order valence-electron chi connectivity index (χ3n) is 1.53. The topological polar surface area (TPSA) is 101 Å². The minimum absolute atomic E-state index is 0.0773. The highest BCUT2D eigenvalue weighted by atomic mass is 32.2. The van der Waals surface area contributed by atoms with Gasteiger partial charge >= 0.3 is 5.69 Å². The van der Waals surface area contributed by atoms with Crippen LogP contribution in [0.5, 0.6) is 0 Å². The van der Waals surface area contributed by atoms with Crippen LogP contribution < -0.4 is 11.4 Å². The van der Waals surface area contributed by atoms with Gasteiger partial charge in [0, 0.05) is 6.54 Å². The van der Waals surface area contributed by atoms with Crippen LogP contribution in [0.25, 0.3) is 0 Å². The molecule has 0 bridgehead atoms. The first-order chi connectivity index (χ1) is 6.65. The van der Waals surface area contributed by atoms with E-state index in [1.165, 1.54) is 11.8 Å². The Bertz CT molecular complexity index is 368. The number of nitrogens with zero attached hydrogens (tertiary/aromatic N) is 2. The lowest BCUT2D eigenvalue weighted by Crippen LogP contribution is -2.18. The highest BCUT2D eigenvalue weighted by Crippen LogP contribution is 2.12. The summed E-state index contributed by atoms with van der Waals surface area (Å²) in [4.78, 5) is 11.2. The monoisotopic (exact) mass is 215 g/mol. The Balaban J connectivity index is 2.75. The molecule has 4 N–H and O–H groups in total. The molecule has 1 rings (SSSR count). The minimum Gasteiger partial charge on any atom is -0.387 e. The van der Waals surface area contributed by atoms with Gasteiger partial charge < -0.3 is 5.73 Å². The maximum atomic E-state index is 11.2. The van der Waals surface area contributed by atoms with Gasteiger partial charge in [-0.2, -0.15) is 0 Å². The van der Waals surface area contributed by atoms with E-state index in [4.69, 9.17) is 11.1 Å². The van der Waals surface area contributed by atoms with Crippen molar-refractivity contribution >= 4 is 17.6 Å². The van der Waals surface area contributed by atoms with Crippen molar-refractivity contribution in [1.82, 2.24) is 14.8 Å². The number of amidine groups is 1. The zero-order chi connectivity index (χ0) is 10.6. The summed E-state index contributed by atoms with van der Waals surface area (Å²) in [6, 6.07) is 0. The molecule has 0 aliphatic heterocycles. The molecule has 0 amide bonds. The SMILES string of the molecule is CCCn1c(SCC(=N)N)n[nH]c1=O. The zero-order valence-corrected chi connectivity index (χ0v) is 8.73. The van der Waals surface area contributed by atoms with Gasteiger partial charge in [-0.25, -0.2) is 9.89 Å². The van der Waals surface area contributed by atoms with Gasteiger partial charge in [0.2, 0.25) is 0 Å². The maximum Gasteiger partial charge on any atom is 0.343 e. The van der Waals surface area contributed by atoms with Crippen molar-refractivity contribution < 1.29 is 0 Å². The van der Waals surface area contributed by atoms with Gasteiger partial charge in [0.15, 0.2) is 5.16 Å². The van der Waals surface area contributed by atoms with Gasteiger partial charge in [-0.05, 0) is 6.42 Å². The second-order valence-electron chi connectivity index (χ2n) is 2.78. The molecule has 14 heavy (non-hydrogen) atoms. The van der Waals surface area contributed by atoms with Crippen LogP contribution in [0.1, 0.15) is 13.3 Å². The molecule has 7 heteroatoms. The van der Waals surface area contributed by atoms with Crippen LogP contribution in [-0.4, -0.2) is 26.4 Å². The summed E-state index contributed by atoms with van der Waals surface area (Å²) in [5.41, 5.74) is 5.00. The Morgan fingerprint density at radius 3 is 3.07 bits per heavy atom. The number of hydrogen-bond acceptors (Lipinski definition) is 4. The Morgan fingerprint density at radius 1 is 1.79 bits per heavy atom. The molecule has 0 aliphatic carbocycles. The van der Waals surface area contributed by atoms with Gasteiger partial charge in [0.05, 0.1) is 5.75 Å². The molecule has 0 unspecified atom stereocenters. The summed E-state index contributed by atoms with van der Waals surface area (Å²) in [6.45, 7) is 2.62. The second kappa shape index (κ2) is 4.85. The van der Waals surface area contributed by atoms with E-state index in [1.807, 2.05) is 6.92 Å². The zero-order valence-electron chi connectivity index (χ0n) is 7.91. The van der Waals surface area contributed by atoms with Crippen LogP contribution >= 0.6 is 11.8 Å². The van der Waals surface area contributed by atoms with Gasteiger partial charge in [-0.15, -0.1) is 5.10 Å². The molecule has 0 fully saturated rings. The normalized spacial score (nSPS) is 10.4. The Morgan fingerprint density at radius 2 is 2.50 bits per heavy atom. The van der Waals surface area contributed by atoms with E-state index >= 15 is 0 Å². The van der Waals surface area contributed by atoms with Crippen LogP contribution in [0, 0.1) is 5.41 Å². The number of nitrogens with one attached hydrogen (secondary N) is 2. The molecule has 0 atom stereocenters. The molecule has 0 aliphatic rings. The summed E-state index contributed by atoms with van der Waals surface area (Å²) in [6.07, 6.45) is 0.868. The highest BCUT2D eigenvalue weighted by Gasteiger charge is 2.07. The van der Waals surface area contributed by atoms with E-state index in [2.05, 4.69) is 10.2 Å². The summed E-state index contributed by atoms with van der Waals surface area (Å²) < 4.78 is 1.55. The largest absolute Gasteiger partial charge is 0.387 e. The van der Waals surface area contributed by atoms with Crippen molar-refractivity contribution in [3.05, 3.63) is 10.5 Å². The lowest BCUT2D eigenvalue weighted by Gasteiger charge is -2.01. The average molecular weight is 215 g/mol. The van der Waals surface area contributed by atoms with Crippen LogP contribution in [0.15, 0.2) is 9.95 Å². The third kappa shape index (κ3) is 2.63. The van der Waals surface area contributed by atoms with Crippen molar-refractivity contribution in [3.8, 4) is 0 Å². The Kier molecular flexibility index (Phi) is 3.75. The lowest BCUT2D eigenvalue weighted by atomic mass is 10.5. The molecule has 1 heterocycles. The van der Waals surface area contributed by atoms with E-state index in [1.54, 1.807) is 4.57 Å². The van der Waals surface area contributed by atoms with E-state index in [0.29, 0.717) is 17.5 Å². The molecule has 0 saturated heterocycles. The molecular formula is C7H13N5OS. The molecule has 78 valence electrons. The number of rotatable bonds is 5. The van der Waals surface area contributed by atoms with Gasteiger partial charge in [-0.1, -0.05) is 18.7 Å². The van der Waals surface area contributed by atoms with E-state index in [9.17, 15) is 4.79 Å². The fourth-order valence-electron chi connectivity index (χ4n) is 0.977. The smallest absolute Gasteiger partial charge is 0.343 e. The number of thioether (sulfide) groups is 1. The number of aromatic amines is 1. The summed E-state index contributed by atoms with van der Waals surface area (Å²) in [5, 5.41) is 13.9. The molecule has 1 aromatic heterocycles. The first-order valence-electron chi connectivity index (χ1n) is 4.26. The van der Waals surface area contributed by atoms with Crippen molar-refractivity contribution in [3.63, 3.8) is 0 Å². The first kappa shape index (κ1) is 10.8. The van der Waals surface area contributed by atoms with Crippen LogP contribution in [0.4, 0.5) is 0 Å². The van der Waals surface area contributed by atoms with Crippen molar-refractivity contribution in [1.29, 1.82) is 5.41 Å². The quantitative estimate of drug-likeness (QED) is 0.366. The summed E-state index contributed by atoms with van der Waals surface area (Å²) in [5.74, 6) is 0.432. The standard InChI is InChI=1S/C7H13N5OS/c1-2-3-12-6(13)10-11-7(12)14-4-5(8)9/h2-4H2,1H3,(H3,8,9)(H,10,13). The van der Waals surface area contributed by atoms with Crippen molar-refractivity contribution in [2.24, 2.45) is 5.73 Å². The summed E-state index contributed by atoms with van der Waals surface area (Å²) >= 11 is 1.29. The van der Waals surface area contributed by atoms with Crippen LogP contribution in [-0.2, 0) is 6.54 Å². The Labute approximate surface area is 85.4 Å². The van der Waals surface area contributed by atoms with Crippen LogP contribution in [0.2, 0.25) is 0 Å². The van der Waals surface area contributed by atoms with Crippen molar-refractivity contribution in [2.75, 3.05) is 5.75 Å². The molecule has 6 nitrogen and oxygen atoms in total. The Hall–Kier alpha value is -1.24.